The minimum absolute atomic E-state index is 0.107. The van der Waals surface area contributed by atoms with E-state index >= 15 is 0 Å². The molecule has 1 aliphatic rings. The summed E-state index contributed by atoms with van der Waals surface area (Å²) < 4.78 is 0. The van der Waals surface area contributed by atoms with E-state index in [4.69, 9.17) is 0 Å². The van der Waals surface area contributed by atoms with Crippen molar-refractivity contribution in [3.8, 4) is 6.07 Å². The van der Waals surface area contributed by atoms with Crippen LogP contribution < -0.4 is 5.32 Å². The maximum Gasteiger partial charge on any atom is 0.0746 e. The van der Waals surface area contributed by atoms with Gasteiger partial charge >= 0.3 is 0 Å². The number of nitrogens with zero attached hydrogens (tertiary/aromatic N) is 1. The van der Waals surface area contributed by atoms with Gasteiger partial charge in [0.2, 0.25) is 0 Å². The second-order valence-electron chi connectivity index (χ2n) is 5.37. The second kappa shape index (κ2) is 4.41. The molecule has 0 unspecified atom stereocenters. The molecule has 2 heteroatoms. The molecule has 1 saturated carbocycles. The van der Waals surface area contributed by atoms with Crippen LogP contribution in [0, 0.1) is 37.5 Å². The minimum atomic E-state index is -0.107. The Morgan fingerprint density at radius 3 is 2.24 bits per heavy atom. The lowest BCUT2D eigenvalue weighted by Crippen LogP contribution is -2.35. The van der Waals surface area contributed by atoms with E-state index in [1.807, 2.05) is 0 Å². The Balaban J connectivity index is 2.12. The fourth-order valence-corrected chi connectivity index (χ4v) is 2.65. The number of aryl methyl sites for hydroxylation is 3. The average molecular weight is 228 g/mol. The largest absolute Gasteiger partial charge is 0.383 e. The van der Waals surface area contributed by atoms with Gasteiger partial charge in [-0.15, -0.1) is 0 Å². The molecular weight excluding hydrogens is 208 g/mol. The van der Waals surface area contributed by atoms with Crippen molar-refractivity contribution in [2.24, 2.45) is 5.41 Å². The first-order valence-corrected chi connectivity index (χ1v) is 6.29. The van der Waals surface area contributed by atoms with Crippen molar-refractivity contribution in [2.45, 2.75) is 40.0 Å². The maximum absolute atomic E-state index is 9.21. The van der Waals surface area contributed by atoms with Gasteiger partial charge in [0.05, 0.1) is 11.5 Å². The molecule has 0 amide bonds. The molecule has 0 bridgehead atoms. The molecule has 1 N–H and O–H groups in total. The lowest BCUT2D eigenvalue weighted by Gasteiger charge is -2.35. The van der Waals surface area contributed by atoms with Crippen molar-refractivity contribution in [3.63, 3.8) is 0 Å². The number of rotatable bonds is 3. The molecule has 0 atom stereocenters. The van der Waals surface area contributed by atoms with Gasteiger partial charge < -0.3 is 5.32 Å². The van der Waals surface area contributed by atoms with Gasteiger partial charge in [0, 0.05) is 12.2 Å². The monoisotopic (exact) mass is 228 g/mol. The number of anilines is 1. The van der Waals surface area contributed by atoms with Crippen LogP contribution in [-0.4, -0.2) is 6.54 Å². The van der Waals surface area contributed by atoms with Crippen LogP contribution in [-0.2, 0) is 0 Å². The summed E-state index contributed by atoms with van der Waals surface area (Å²) in [6, 6.07) is 6.85. The number of nitriles is 1. The van der Waals surface area contributed by atoms with Gasteiger partial charge in [-0.05, 0) is 44.7 Å². The quantitative estimate of drug-likeness (QED) is 0.856. The second-order valence-corrected chi connectivity index (χ2v) is 5.37. The zero-order valence-corrected chi connectivity index (χ0v) is 10.9. The van der Waals surface area contributed by atoms with Crippen LogP contribution in [0.1, 0.15) is 36.0 Å². The zero-order valence-electron chi connectivity index (χ0n) is 10.9. The van der Waals surface area contributed by atoms with Crippen LogP contribution in [0.2, 0.25) is 0 Å². The van der Waals surface area contributed by atoms with Crippen LogP contribution in [0.5, 0.6) is 0 Å². The lowest BCUT2D eigenvalue weighted by atomic mass is 9.70. The van der Waals surface area contributed by atoms with Crippen molar-refractivity contribution in [1.82, 2.24) is 0 Å². The lowest BCUT2D eigenvalue weighted by molar-refractivity contribution is 0.233. The molecule has 0 radical (unpaired) electrons. The summed E-state index contributed by atoms with van der Waals surface area (Å²) in [5.41, 5.74) is 4.94. The van der Waals surface area contributed by atoms with Crippen molar-refractivity contribution in [2.75, 3.05) is 11.9 Å². The predicted octanol–water partition coefficient (Wildman–Crippen LogP) is 3.72. The maximum atomic E-state index is 9.21. The summed E-state index contributed by atoms with van der Waals surface area (Å²) >= 11 is 0. The molecule has 1 aromatic rings. The van der Waals surface area contributed by atoms with E-state index in [2.05, 4.69) is 44.3 Å². The van der Waals surface area contributed by atoms with Gasteiger partial charge in [0.25, 0.3) is 0 Å². The highest BCUT2D eigenvalue weighted by Crippen LogP contribution is 2.40. The van der Waals surface area contributed by atoms with Gasteiger partial charge in [0.15, 0.2) is 0 Å². The van der Waals surface area contributed by atoms with Gasteiger partial charge in [-0.2, -0.15) is 5.26 Å². The molecule has 2 rings (SSSR count). The Morgan fingerprint density at radius 2 is 1.82 bits per heavy atom. The van der Waals surface area contributed by atoms with Crippen molar-refractivity contribution < 1.29 is 0 Å². The van der Waals surface area contributed by atoms with Crippen molar-refractivity contribution >= 4 is 5.69 Å². The molecule has 1 aromatic carbocycles. The fourth-order valence-electron chi connectivity index (χ4n) is 2.65. The Bertz CT molecular complexity index is 441. The van der Waals surface area contributed by atoms with Crippen molar-refractivity contribution in [3.05, 3.63) is 28.8 Å². The van der Waals surface area contributed by atoms with E-state index in [-0.39, 0.29) is 5.41 Å². The van der Waals surface area contributed by atoms with E-state index in [0.29, 0.717) is 0 Å². The molecule has 2 nitrogen and oxygen atoms in total. The van der Waals surface area contributed by atoms with E-state index in [1.54, 1.807) is 0 Å². The standard InChI is InChI=1S/C15H20N2/c1-11-7-12(2)14(13(3)8-11)17-10-15(9-16)5-4-6-15/h7-8,17H,4-6,10H2,1-3H3. The van der Waals surface area contributed by atoms with Crippen LogP contribution >= 0.6 is 0 Å². The summed E-state index contributed by atoms with van der Waals surface area (Å²) in [4.78, 5) is 0. The molecule has 17 heavy (non-hydrogen) atoms. The molecular formula is C15H20N2. The smallest absolute Gasteiger partial charge is 0.0746 e. The summed E-state index contributed by atoms with van der Waals surface area (Å²) in [7, 11) is 0. The van der Waals surface area contributed by atoms with Crippen LogP contribution in [0.25, 0.3) is 0 Å². The van der Waals surface area contributed by atoms with Gasteiger partial charge in [-0.1, -0.05) is 24.1 Å². The van der Waals surface area contributed by atoms with Gasteiger partial charge in [0.1, 0.15) is 0 Å². The van der Waals surface area contributed by atoms with E-state index < -0.39 is 0 Å². The number of benzene rings is 1. The number of hydrogen-bond acceptors (Lipinski definition) is 2. The Morgan fingerprint density at radius 1 is 1.24 bits per heavy atom. The van der Waals surface area contributed by atoms with E-state index in [1.165, 1.54) is 28.8 Å². The zero-order chi connectivity index (χ0) is 12.5. The number of nitrogens with one attached hydrogen (secondary N) is 1. The van der Waals surface area contributed by atoms with Gasteiger partial charge in [-0.3, -0.25) is 0 Å². The summed E-state index contributed by atoms with van der Waals surface area (Å²) in [6.07, 6.45) is 3.28. The van der Waals surface area contributed by atoms with Crippen LogP contribution in [0.4, 0.5) is 5.69 Å². The first-order valence-electron chi connectivity index (χ1n) is 6.29. The average Bonchev–Trinajstić information content (AvgIpc) is 2.19. The summed E-state index contributed by atoms with van der Waals surface area (Å²) in [5.74, 6) is 0. The van der Waals surface area contributed by atoms with E-state index in [0.717, 1.165) is 19.4 Å². The predicted molar refractivity (Wildman–Crippen MR) is 71.0 cm³/mol. The first-order chi connectivity index (χ1) is 8.06. The molecule has 1 aliphatic carbocycles. The van der Waals surface area contributed by atoms with E-state index in [9.17, 15) is 5.26 Å². The highest BCUT2D eigenvalue weighted by Gasteiger charge is 2.37. The molecule has 90 valence electrons. The fraction of sp³-hybridized carbons (Fsp3) is 0.533. The minimum Gasteiger partial charge on any atom is -0.383 e. The first kappa shape index (κ1) is 12.0. The third-order valence-corrected chi connectivity index (χ3v) is 3.83. The highest BCUT2D eigenvalue weighted by atomic mass is 14.9. The molecule has 0 heterocycles. The normalized spacial score (nSPS) is 17.1. The molecule has 0 aromatic heterocycles. The number of hydrogen-bond donors (Lipinski definition) is 1. The van der Waals surface area contributed by atoms with Crippen LogP contribution in [0.3, 0.4) is 0 Å². The Labute approximate surface area is 104 Å². The molecule has 0 saturated heterocycles. The summed E-state index contributed by atoms with van der Waals surface area (Å²) in [6.45, 7) is 7.16. The summed E-state index contributed by atoms with van der Waals surface area (Å²) in [5, 5.41) is 12.7. The topological polar surface area (TPSA) is 35.8 Å². The molecule has 0 aliphatic heterocycles. The molecule has 1 fully saturated rings. The Kier molecular flexibility index (Phi) is 3.11. The van der Waals surface area contributed by atoms with Crippen molar-refractivity contribution in [1.29, 1.82) is 5.26 Å². The van der Waals surface area contributed by atoms with Crippen LogP contribution in [0.15, 0.2) is 12.1 Å². The van der Waals surface area contributed by atoms with Gasteiger partial charge in [-0.25, -0.2) is 0 Å². The third kappa shape index (κ3) is 2.29. The third-order valence-electron chi connectivity index (χ3n) is 3.83. The highest BCUT2D eigenvalue weighted by molar-refractivity contribution is 5.58. The molecule has 0 spiro atoms. The Hall–Kier alpha value is -1.49. The SMILES string of the molecule is Cc1cc(C)c(NCC2(C#N)CCC2)c(C)c1.